The van der Waals surface area contributed by atoms with Crippen molar-refractivity contribution in [2.24, 2.45) is 40.4 Å². The van der Waals surface area contributed by atoms with Gasteiger partial charge in [-0.25, -0.2) is 0 Å². The number of aliphatic hydroxyl groups is 15. The smallest absolute Gasteiger partial charge is 0.303 e. The van der Waals surface area contributed by atoms with Gasteiger partial charge in [-0.1, -0.05) is 46.3 Å². The Bertz CT molecular complexity index is 2280. The Morgan fingerprint density at radius 1 is 0.624 bits per heavy atom. The zero-order valence-corrected chi connectivity index (χ0v) is 48.8. The van der Waals surface area contributed by atoms with E-state index in [2.05, 4.69) is 13.0 Å². The second kappa shape index (κ2) is 27.0. The van der Waals surface area contributed by atoms with Gasteiger partial charge in [0.05, 0.1) is 45.2 Å². The first-order valence-electron chi connectivity index (χ1n) is 30.0. The summed E-state index contributed by atoms with van der Waals surface area (Å²) >= 11 is 0. The van der Waals surface area contributed by atoms with Gasteiger partial charge >= 0.3 is 5.97 Å². The number of ether oxygens (including phenoxy) is 11. The van der Waals surface area contributed by atoms with Crippen LogP contribution in [0.2, 0.25) is 0 Å². The van der Waals surface area contributed by atoms with Crippen LogP contribution < -0.4 is 0 Å². The lowest BCUT2D eigenvalue weighted by atomic mass is 9.46. The number of hydrogen-bond acceptors (Lipinski definition) is 28. The van der Waals surface area contributed by atoms with Gasteiger partial charge in [0.25, 0.3) is 0 Å². The van der Waals surface area contributed by atoms with Crippen LogP contribution in [-0.2, 0) is 61.7 Å². The first kappa shape index (κ1) is 67.3. The molecule has 488 valence electrons. The molecule has 0 bridgehead atoms. The number of carbonyl (C=O) groups excluding carboxylic acids is 2. The summed E-state index contributed by atoms with van der Waals surface area (Å²) in [7, 11) is 0. The lowest BCUT2D eigenvalue weighted by molar-refractivity contribution is -0.345. The van der Waals surface area contributed by atoms with Crippen molar-refractivity contribution in [2.45, 2.75) is 258 Å². The van der Waals surface area contributed by atoms with E-state index in [9.17, 15) is 86.2 Å². The van der Waals surface area contributed by atoms with Crippen LogP contribution in [0.3, 0.4) is 0 Å². The van der Waals surface area contributed by atoms with E-state index < -0.39 is 209 Å². The number of esters is 1. The molecule has 5 heterocycles. The van der Waals surface area contributed by atoms with Gasteiger partial charge in [-0.3, -0.25) is 9.59 Å². The van der Waals surface area contributed by atoms with Crippen LogP contribution in [0.1, 0.15) is 99.3 Å². The first-order chi connectivity index (χ1) is 40.0. The molecule has 0 aromatic heterocycles. The van der Waals surface area contributed by atoms with Crippen molar-refractivity contribution in [3.63, 3.8) is 0 Å². The topological polar surface area (TPSA) is 439 Å². The van der Waals surface area contributed by atoms with Crippen LogP contribution in [0.5, 0.6) is 0 Å². The summed E-state index contributed by atoms with van der Waals surface area (Å²) < 4.78 is 64.9. The summed E-state index contributed by atoms with van der Waals surface area (Å²) in [5.41, 5.74) is -1.97. The fourth-order valence-corrected chi connectivity index (χ4v) is 15.3. The van der Waals surface area contributed by atoms with Crippen molar-refractivity contribution < 1.29 is 138 Å². The minimum absolute atomic E-state index is 0.0218. The van der Waals surface area contributed by atoms with Crippen LogP contribution in [-0.4, -0.2) is 281 Å². The van der Waals surface area contributed by atoms with Crippen LogP contribution in [0, 0.1) is 40.4 Å². The van der Waals surface area contributed by atoms with E-state index in [1.165, 1.54) is 0 Å². The Kier molecular flexibility index (Phi) is 21.4. The van der Waals surface area contributed by atoms with Crippen molar-refractivity contribution in [3.8, 4) is 0 Å². The van der Waals surface area contributed by atoms with Gasteiger partial charge in [0, 0.05) is 24.7 Å². The summed E-state index contributed by atoms with van der Waals surface area (Å²) in [6.45, 7) is 8.35. The van der Waals surface area contributed by atoms with Crippen molar-refractivity contribution in [1.29, 1.82) is 0 Å². The normalized spacial score (nSPS) is 50.6. The molecule has 0 unspecified atom stereocenters. The molecule has 0 radical (unpaired) electrons. The Hall–Kier alpha value is -2.12. The van der Waals surface area contributed by atoms with E-state index in [0.717, 1.165) is 12.5 Å². The van der Waals surface area contributed by atoms with Gasteiger partial charge in [-0.05, 0) is 80.5 Å². The minimum Gasteiger partial charge on any atom is -0.454 e. The molecule has 28 heteroatoms. The van der Waals surface area contributed by atoms with Crippen LogP contribution in [0.25, 0.3) is 0 Å². The second-order valence-corrected chi connectivity index (χ2v) is 26.1. The second-order valence-electron chi connectivity index (χ2n) is 26.1. The molecule has 15 N–H and O–H groups in total. The molecular formula is C57H92O28. The largest absolute Gasteiger partial charge is 0.454 e. The molecule has 0 aromatic rings. The predicted octanol–water partition coefficient (Wildman–Crippen LogP) is -4.38. The molecule has 0 spiro atoms. The maximum Gasteiger partial charge on any atom is 0.303 e. The molecule has 0 amide bonds. The molecule has 5 saturated heterocycles. The van der Waals surface area contributed by atoms with Crippen LogP contribution in [0.4, 0.5) is 0 Å². The molecule has 5 aliphatic heterocycles. The third-order valence-electron chi connectivity index (χ3n) is 20.5. The maximum atomic E-state index is 14.3. The van der Waals surface area contributed by atoms with Gasteiger partial charge in [-0.15, -0.1) is 0 Å². The number of ketones is 1. The van der Waals surface area contributed by atoms with E-state index in [4.69, 9.17) is 52.1 Å². The average Bonchev–Trinajstić information content (AvgIpc) is 1.61. The molecule has 3 saturated carbocycles. The standard InChI is InChI=1S/C57H92O28/c1-22(2)7-10-30(60)23(3)57(74)36(84-54-49(79-24(4)59)48(32(62)19-76-54)85-52-44(70)37(63)31(61)18-75-52)16-29-27-9-8-25-15-26(11-13-55(25,5)28(27)12-14-56(29,57)6)80-53-47(73)43(69)40(66)35(83-53)21-78-51-46(72)42(68)39(65)34(82-51)20-77-50-45(71)41(67)38(64)33(17-58)81-50/h8,22-23,26-29,31-54,58,61-74H,7,9-21H2,1-6H3/t23-,26+,27-,28+,29+,31-,32+,33-,34-,35-,36+,37+,38-,39-,40-,41+,42+,43+,44-,45-,46-,47-,48+,49-,50-,51-,52+,53-,54+,55+,56+,57-/m1/s1. The third kappa shape index (κ3) is 12.9. The maximum absolute atomic E-state index is 14.3. The predicted molar refractivity (Wildman–Crippen MR) is 283 cm³/mol. The Labute approximate surface area is 492 Å². The van der Waals surface area contributed by atoms with E-state index in [-0.39, 0.29) is 47.7 Å². The summed E-state index contributed by atoms with van der Waals surface area (Å²) in [5.74, 6) is -1.83. The van der Waals surface area contributed by atoms with Gasteiger partial charge in [0.2, 0.25) is 0 Å². The molecule has 85 heavy (non-hydrogen) atoms. The highest BCUT2D eigenvalue weighted by Gasteiger charge is 2.71. The highest BCUT2D eigenvalue weighted by Crippen LogP contribution is 2.69. The first-order valence-corrected chi connectivity index (χ1v) is 30.0. The Morgan fingerprint density at radius 3 is 1.78 bits per heavy atom. The van der Waals surface area contributed by atoms with Crippen molar-refractivity contribution in [2.75, 3.05) is 33.0 Å². The van der Waals surface area contributed by atoms with Gasteiger partial charge in [0.1, 0.15) is 115 Å². The van der Waals surface area contributed by atoms with Crippen LogP contribution >= 0.6 is 0 Å². The zero-order valence-electron chi connectivity index (χ0n) is 48.8. The number of fused-ring (bicyclic) bond motifs is 5. The lowest BCUT2D eigenvalue weighted by Crippen LogP contribution is -2.64. The quantitative estimate of drug-likeness (QED) is 0.0429. The third-order valence-corrected chi connectivity index (χ3v) is 20.5. The Balaban J connectivity index is 0.876. The molecule has 9 rings (SSSR count). The van der Waals surface area contributed by atoms with Crippen molar-refractivity contribution in [3.05, 3.63) is 11.6 Å². The summed E-state index contributed by atoms with van der Waals surface area (Å²) in [6.07, 6.45) is -32.3. The number of aliphatic hydroxyl groups excluding tert-OH is 14. The number of rotatable bonds is 19. The van der Waals surface area contributed by atoms with E-state index in [1.807, 2.05) is 20.8 Å². The molecule has 9 aliphatic rings. The number of carbonyl (C=O) groups is 2. The average molecular weight is 1230 g/mol. The molecule has 8 fully saturated rings. The fraction of sp³-hybridized carbons (Fsp3) is 0.930. The molecule has 28 nitrogen and oxygen atoms in total. The van der Waals surface area contributed by atoms with Gasteiger partial charge in [0.15, 0.2) is 37.6 Å². The van der Waals surface area contributed by atoms with E-state index in [0.29, 0.717) is 44.9 Å². The van der Waals surface area contributed by atoms with Gasteiger partial charge in [-0.2, -0.15) is 0 Å². The molecule has 4 aliphatic carbocycles. The highest BCUT2D eigenvalue weighted by atomic mass is 16.8. The van der Waals surface area contributed by atoms with E-state index >= 15 is 0 Å². The number of allylic oxidation sites excluding steroid dienone is 1. The van der Waals surface area contributed by atoms with E-state index in [1.54, 1.807) is 6.92 Å². The molecular weight excluding hydrogens is 1130 g/mol. The molecule has 32 atom stereocenters. The SMILES string of the molecule is CC(=O)O[C@H]1[C@H](O[C@H]2C[C@H]3[C@@H]4CC=C5C[C@@H](O[C@@H]6O[C@H](CO[C@@H]7O[C@H](CO[C@@H]8O[C@H](CO)[C@@H](O)[C@H](O)[C@H]8O)[C@@H](O)[C@H](O)[C@H]7O)[C@@H](O)[C@H](O)[C@H]6O)CC[C@]5(C)[C@H]4CC[C@]3(C)[C@@]2(O)[C@H](C)C(=O)CCC(C)C)OC[C@H](O)[C@@H]1O[C@@H]1OC[C@@H](O)[C@H](O)[C@H]1O. The summed E-state index contributed by atoms with van der Waals surface area (Å²) in [5, 5.41) is 162. The lowest BCUT2D eigenvalue weighted by Gasteiger charge is -2.59. The number of Topliss-reactive ketones (excluding diaryl/α,β-unsaturated/α-hetero) is 1. The minimum atomic E-state index is -1.87. The summed E-state index contributed by atoms with van der Waals surface area (Å²) in [4.78, 5) is 27.1. The monoisotopic (exact) mass is 1220 g/mol. The number of hydrogen-bond donors (Lipinski definition) is 15. The highest BCUT2D eigenvalue weighted by molar-refractivity contribution is 5.82. The molecule has 0 aromatic carbocycles. The summed E-state index contributed by atoms with van der Waals surface area (Å²) in [6, 6.07) is 0. The van der Waals surface area contributed by atoms with Crippen molar-refractivity contribution in [1.82, 2.24) is 0 Å². The van der Waals surface area contributed by atoms with Crippen LogP contribution in [0.15, 0.2) is 11.6 Å². The van der Waals surface area contributed by atoms with Crippen molar-refractivity contribution >= 4 is 11.8 Å². The Morgan fingerprint density at radius 2 is 1.18 bits per heavy atom. The van der Waals surface area contributed by atoms with Gasteiger partial charge < -0.3 is 129 Å². The fourth-order valence-electron chi connectivity index (χ4n) is 15.3. The zero-order chi connectivity index (χ0) is 61.9.